The normalized spacial score (nSPS) is 10.9. The third-order valence-electron chi connectivity index (χ3n) is 1.92. The summed E-state index contributed by atoms with van der Waals surface area (Å²) in [6.07, 6.45) is 1.70. The average molecular weight is 178 g/mol. The number of nitrogens with one attached hydrogen (secondary N) is 1. The van der Waals surface area contributed by atoms with Crippen molar-refractivity contribution in [2.75, 3.05) is 0 Å². The smallest absolute Gasteiger partial charge is 0.272 e. The van der Waals surface area contributed by atoms with Crippen LogP contribution in [0.5, 0.6) is 0 Å². The molecule has 0 fully saturated rings. The van der Waals surface area contributed by atoms with Crippen molar-refractivity contribution in [1.82, 2.24) is 14.6 Å². The quantitative estimate of drug-likeness (QED) is 0.634. The number of H-pyrrole nitrogens is 1. The number of aromatic nitrogens is 3. The van der Waals surface area contributed by atoms with Crippen LogP contribution in [0.3, 0.4) is 0 Å². The Morgan fingerprint density at radius 2 is 2.46 bits per heavy atom. The number of aryl methyl sites for hydroxylation is 1. The summed E-state index contributed by atoms with van der Waals surface area (Å²) in [5, 5.41) is 2.80. The molecule has 68 valence electrons. The molecule has 0 radical (unpaired) electrons. The summed E-state index contributed by atoms with van der Waals surface area (Å²) in [6.45, 7) is 2.16. The van der Waals surface area contributed by atoms with Gasteiger partial charge in [0.25, 0.3) is 5.56 Å². The predicted molar refractivity (Wildman–Crippen MR) is 48.4 cm³/mol. The molecular weight excluding hydrogens is 168 g/mol. The van der Waals surface area contributed by atoms with Gasteiger partial charge in [-0.05, 0) is 6.92 Å². The largest absolute Gasteiger partial charge is 0.326 e. The van der Waals surface area contributed by atoms with Crippen LogP contribution in [0.4, 0.5) is 0 Å². The van der Waals surface area contributed by atoms with Gasteiger partial charge in [-0.3, -0.25) is 9.89 Å². The van der Waals surface area contributed by atoms with Crippen molar-refractivity contribution in [2.24, 2.45) is 5.73 Å². The van der Waals surface area contributed by atoms with E-state index < -0.39 is 0 Å². The summed E-state index contributed by atoms with van der Waals surface area (Å²) >= 11 is 0. The lowest BCUT2D eigenvalue weighted by atomic mass is 10.3. The van der Waals surface area contributed by atoms with Crippen LogP contribution in [0.1, 0.15) is 11.3 Å². The Morgan fingerprint density at radius 1 is 1.69 bits per heavy atom. The molecule has 0 saturated carbocycles. The number of hydrogen-bond donors (Lipinski definition) is 2. The zero-order valence-corrected chi connectivity index (χ0v) is 7.24. The Labute approximate surface area is 74.2 Å². The molecule has 0 aromatic carbocycles. The second kappa shape index (κ2) is 2.70. The van der Waals surface area contributed by atoms with Crippen molar-refractivity contribution in [1.29, 1.82) is 0 Å². The number of hydrogen-bond acceptors (Lipinski definition) is 3. The Morgan fingerprint density at radius 3 is 3.15 bits per heavy atom. The molecule has 0 bridgehead atoms. The molecule has 0 saturated heterocycles. The number of fused-ring (bicyclic) bond motifs is 1. The van der Waals surface area contributed by atoms with Crippen molar-refractivity contribution < 1.29 is 0 Å². The highest BCUT2D eigenvalue weighted by molar-refractivity contribution is 5.46. The molecule has 5 nitrogen and oxygen atoms in total. The summed E-state index contributed by atoms with van der Waals surface area (Å²) in [5.74, 6) is 0. The molecular formula is C8H10N4O. The minimum absolute atomic E-state index is 0.109. The Bertz CT molecular complexity index is 496. The fourth-order valence-corrected chi connectivity index (χ4v) is 1.29. The van der Waals surface area contributed by atoms with Gasteiger partial charge < -0.3 is 5.73 Å². The van der Waals surface area contributed by atoms with Gasteiger partial charge in [0, 0.05) is 30.1 Å². The van der Waals surface area contributed by atoms with E-state index in [0.717, 1.165) is 5.56 Å². The van der Waals surface area contributed by atoms with Crippen molar-refractivity contribution in [3.8, 4) is 0 Å². The van der Waals surface area contributed by atoms with Crippen LogP contribution in [-0.4, -0.2) is 14.6 Å². The number of aromatic amines is 1. The minimum Gasteiger partial charge on any atom is -0.326 e. The topological polar surface area (TPSA) is 76.2 Å². The molecule has 3 N–H and O–H groups in total. The van der Waals surface area contributed by atoms with Crippen molar-refractivity contribution in [3.05, 3.63) is 33.9 Å². The van der Waals surface area contributed by atoms with Crippen LogP contribution < -0.4 is 11.3 Å². The molecule has 0 aliphatic carbocycles. The van der Waals surface area contributed by atoms with Crippen LogP contribution in [0, 0.1) is 6.92 Å². The first-order chi connectivity index (χ1) is 6.22. The Balaban J connectivity index is 2.90. The van der Waals surface area contributed by atoms with Crippen LogP contribution >= 0.6 is 0 Å². The zero-order chi connectivity index (χ0) is 9.42. The van der Waals surface area contributed by atoms with E-state index in [2.05, 4.69) is 10.1 Å². The molecule has 5 heteroatoms. The molecule has 0 aliphatic heterocycles. The maximum atomic E-state index is 11.4. The van der Waals surface area contributed by atoms with Gasteiger partial charge in [0.15, 0.2) is 5.65 Å². The molecule has 2 aromatic rings. The first kappa shape index (κ1) is 8.00. The van der Waals surface area contributed by atoms with Gasteiger partial charge in [0.05, 0.1) is 0 Å². The first-order valence-electron chi connectivity index (χ1n) is 3.99. The van der Waals surface area contributed by atoms with E-state index in [1.54, 1.807) is 13.1 Å². The van der Waals surface area contributed by atoms with Gasteiger partial charge in [-0.25, -0.2) is 9.50 Å². The second-order valence-electron chi connectivity index (χ2n) is 2.90. The first-order valence-corrected chi connectivity index (χ1v) is 3.99. The molecule has 2 heterocycles. The van der Waals surface area contributed by atoms with Gasteiger partial charge in [-0.15, -0.1) is 0 Å². The standard InChI is InChI=1S/C8H10N4O/c1-5-2-7(13)12-8(11-5)6(3-9)4-10-12/h2,4,10H,3,9H2,1H3. The lowest BCUT2D eigenvalue weighted by molar-refractivity contribution is 0.889. The molecule has 0 atom stereocenters. The maximum Gasteiger partial charge on any atom is 0.272 e. The molecule has 0 aliphatic rings. The number of rotatable bonds is 1. The van der Waals surface area contributed by atoms with Crippen LogP contribution in [0.2, 0.25) is 0 Å². The fraction of sp³-hybridized carbons (Fsp3) is 0.250. The van der Waals surface area contributed by atoms with Crippen LogP contribution in [-0.2, 0) is 6.54 Å². The summed E-state index contributed by atoms with van der Waals surface area (Å²) in [6, 6.07) is 1.48. The third kappa shape index (κ3) is 1.13. The van der Waals surface area contributed by atoms with E-state index >= 15 is 0 Å². The average Bonchev–Trinajstić information content (AvgIpc) is 2.47. The molecule has 0 spiro atoms. The van der Waals surface area contributed by atoms with Gasteiger partial charge in [-0.1, -0.05) is 0 Å². The summed E-state index contributed by atoms with van der Waals surface area (Å²) in [5.41, 5.74) is 7.55. The SMILES string of the molecule is Cc1cc(=O)n2[nH]cc(CN)c2n1. The van der Waals surface area contributed by atoms with Gasteiger partial charge in [-0.2, -0.15) is 0 Å². The van der Waals surface area contributed by atoms with E-state index in [1.807, 2.05) is 0 Å². The van der Waals surface area contributed by atoms with Crippen molar-refractivity contribution in [3.63, 3.8) is 0 Å². The minimum atomic E-state index is -0.109. The molecule has 0 amide bonds. The third-order valence-corrected chi connectivity index (χ3v) is 1.92. The van der Waals surface area contributed by atoms with Gasteiger partial charge >= 0.3 is 0 Å². The van der Waals surface area contributed by atoms with Gasteiger partial charge in [0.1, 0.15) is 0 Å². The van der Waals surface area contributed by atoms with E-state index in [9.17, 15) is 4.79 Å². The van der Waals surface area contributed by atoms with Crippen LogP contribution in [0.15, 0.2) is 17.1 Å². The zero-order valence-electron chi connectivity index (χ0n) is 7.24. The Kier molecular flexibility index (Phi) is 1.66. The molecule has 2 rings (SSSR count). The van der Waals surface area contributed by atoms with Crippen molar-refractivity contribution in [2.45, 2.75) is 13.5 Å². The predicted octanol–water partition coefficient (Wildman–Crippen LogP) is -0.210. The van der Waals surface area contributed by atoms with E-state index in [1.165, 1.54) is 10.6 Å². The molecule has 2 aromatic heterocycles. The van der Waals surface area contributed by atoms with E-state index in [-0.39, 0.29) is 5.56 Å². The fourth-order valence-electron chi connectivity index (χ4n) is 1.29. The lowest BCUT2D eigenvalue weighted by Gasteiger charge is -1.95. The second-order valence-corrected chi connectivity index (χ2v) is 2.90. The lowest BCUT2D eigenvalue weighted by Crippen LogP contribution is -2.14. The molecule has 0 unspecified atom stereocenters. The summed E-state index contributed by atoms with van der Waals surface area (Å²) in [4.78, 5) is 15.6. The highest BCUT2D eigenvalue weighted by Gasteiger charge is 2.04. The summed E-state index contributed by atoms with van der Waals surface area (Å²) in [7, 11) is 0. The van der Waals surface area contributed by atoms with E-state index in [0.29, 0.717) is 17.9 Å². The van der Waals surface area contributed by atoms with Crippen molar-refractivity contribution >= 4 is 5.65 Å². The van der Waals surface area contributed by atoms with E-state index in [4.69, 9.17) is 5.73 Å². The highest BCUT2D eigenvalue weighted by Crippen LogP contribution is 2.04. The maximum absolute atomic E-state index is 11.4. The van der Waals surface area contributed by atoms with Crippen LogP contribution in [0.25, 0.3) is 5.65 Å². The number of nitrogens with zero attached hydrogens (tertiary/aromatic N) is 2. The monoisotopic (exact) mass is 178 g/mol. The highest BCUT2D eigenvalue weighted by atomic mass is 16.1. The number of nitrogens with two attached hydrogens (primary N) is 1. The van der Waals surface area contributed by atoms with Gasteiger partial charge in [0.2, 0.25) is 0 Å². The summed E-state index contributed by atoms with van der Waals surface area (Å²) < 4.78 is 1.38. The molecule has 13 heavy (non-hydrogen) atoms. The Hall–Kier alpha value is -1.62.